The maximum Gasteiger partial charge on any atom is 0.416 e. The Morgan fingerprint density at radius 3 is 2.16 bits per heavy atom. The summed E-state index contributed by atoms with van der Waals surface area (Å²) in [5, 5.41) is 1.92. The molecule has 1 aliphatic heterocycles. The summed E-state index contributed by atoms with van der Waals surface area (Å²) in [5.41, 5.74) is 4.54. The zero-order chi connectivity index (χ0) is 27.0. The van der Waals surface area contributed by atoms with E-state index in [1.807, 2.05) is 24.3 Å². The van der Waals surface area contributed by atoms with E-state index in [1.165, 1.54) is 17.7 Å². The first-order chi connectivity index (χ1) is 18.3. The van der Waals surface area contributed by atoms with Gasteiger partial charge in [-0.05, 0) is 53.9 Å². The van der Waals surface area contributed by atoms with E-state index in [9.17, 15) is 13.2 Å². The van der Waals surface area contributed by atoms with Crippen molar-refractivity contribution in [1.29, 1.82) is 0 Å². The molecule has 0 fully saturated rings. The van der Waals surface area contributed by atoms with Gasteiger partial charge in [-0.25, -0.2) is 0 Å². The number of pyridine rings is 1. The number of aromatic nitrogens is 1. The van der Waals surface area contributed by atoms with Gasteiger partial charge in [0.15, 0.2) is 35.7 Å². The average molecular weight is 525 g/mol. The molecular formula is C30H29F3NO4+. The number of ether oxygens (including phenoxy) is 4. The van der Waals surface area contributed by atoms with Gasteiger partial charge in [0.2, 0.25) is 5.69 Å². The molecule has 38 heavy (non-hydrogen) atoms. The van der Waals surface area contributed by atoms with E-state index in [2.05, 4.69) is 17.7 Å². The van der Waals surface area contributed by atoms with Gasteiger partial charge in [-0.1, -0.05) is 19.1 Å². The van der Waals surface area contributed by atoms with E-state index >= 15 is 0 Å². The van der Waals surface area contributed by atoms with Gasteiger partial charge in [-0.15, -0.1) is 0 Å². The molecule has 1 aromatic heterocycles. The standard InChI is InChI=1S/C30H29F3NO4/c1-5-21-22-10-11-25(35-2)29(38-17-18-6-8-20(9-7-18)30(31,32)33)24(22)16-34-13-12-19-14-26(36-3)27(37-4)15-23(19)28(21)34/h6-11,14-16H,5,12-13,17H2,1-4H3/q+1. The minimum atomic E-state index is -4.38. The lowest BCUT2D eigenvalue weighted by atomic mass is 9.90. The molecule has 0 radical (unpaired) electrons. The Balaban J connectivity index is 1.60. The molecule has 0 atom stereocenters. The van der Waals surface area contributed by atoms with Gasteiger partial charge in [0.25, 0.3) is 0 Å². The Labute approximate surface area is 219 Å². The molecule has 0 saturated carbocycles. The van der Waals surface area contributed by atoms with Crippen LogP contribution in [-0.4, -0.2) is 21.3 Å². The third-order valence-electron chi connectivity index (χ3n) is 7.07. The molecular weight excluding hydrogens is 495 g/mol. The third kappa shape index (κ3) is 4.48. The lowest BCUT2D eigenvalue weighted by Gasteiger charge is -2.22. The highest BCUT2D eigenvalue weighted by Gasteiger charge is 2.32. The number of nitrogens with zero attached hydrogens (tertiary/aromatic N) is 1. The van der Waals surface area contributed by atoms with Crippen LogP contribution in [0.25, 0.3) is 22.0 Å². The molecule has 0 spiro atoms. The highest BCUT2D eigenvalue weighted by Crippen LogP contribution is 2.43. The van der Waals surface area contributed by atoms with E-state index in [1.54, 1.807) is 21.3 Å². The van der Waals surface area contributed by atoms with Crippen LogP contribution in [0.4, 0.5) is 13.2 Å². The summed E-state index contributed by atoms with van der Waals surface area (Å²) < 4.78 is 64.1. The summed E-state index contributed by atoms with van der Waals surface area (Å²) in [5.74, 6) is 2.52. The van der Waals surface area contributed by atoms with Crippen LogP contribution in [-0.2, 0) is 32.2 Å². The molecule has 0 N–H and O–H groups in total. The minimum absolute atomic E-state index is 0.108. The predicted octanol–water partition coefficient (Wildman–Crippen LogP) is 6.54. The second kappa shape index (κ2) is 10.1. The van der Waals surface area contributed by atoms with Crippen LogP contribution in [0.5, 0.6) is 23.0 Å². The molecule has 0 unspecified atom stereocenters. The summed E-state index contributed by atoms with van der Waals surface area (Å²) in [7, 11) is 4.85. The maximum absolute atomic E-state index is 13.0. The number of alkyl halides is 3. The first-order valence-corrected chi connectivity index (χ1v) is 12.4. The van der Waals surface area contributed by atoms with Gasteiger partial charge in [0.05, 0.1) is 37.8 Å². The Bertz CT molecular complexity index is 1500. The lowest BCUT2D eigenvalue weighted by molar-refractivity contribution is -0.686. The van der Waals surface area contributed by atoms with E-state index < -0.39 is 11.7 Å². The first kappa shape index (κ1) is 25.7. The zero-order valence-corrected chi connectivity index (χ0v) is 21.7. The number of hydrogen-bond acceptors (Lipinski definition) is 4. The van der Waals surface area contributed by atoms with E-state index in [-0.39, 0.29) is 6.61 Å². The van der Waals surface area contributed by atoms with Crippen molar-refractivity contribution in [1.82, 2.24) is 0 Å². The van der Waals surface area contributed by atoms with Crippen molar-refractivity contribution in [2.75, 3.05) is 21.3 Å². The van der Waals surface area contributed by atoms with Crippen molar-refractivity contribution in [3.05, 3.63) is 77.0 Å². The van der Waals surface area contributed by atoms with Gasteiger partial charge >= 0.3 is 6.18 Å². The van der Waals surface area contributed by atoms with Gasteiger partial charge in [0, 0.05) is 17.4 Å². The second-order valence-corrected chi connectivity index (χ2v) is 9.16. The number of methoxy groups -OCH3 is 3. The molecule has 5 rings (SSSR count). The number of rotatable bonds is 7. The smallest absolute Gasteiger partial charge is 0.416 e. The molecule has 0 saturated heterocycles. The summed E-state index contributed by atoms with van der Waals surface area (Å²) in [6.45, 7) is 3.00. The van der Waals surface area contributed by atoms with Crippen LogP contribution in [0.1, 0.15) is 29.2 Å². The van der Waals surface area contributed by atoms with Crippen LogP contribution in [0.15, 0.2) is 54.7 Å². The fraction of sp³-hybridized carbons (Fsp3) is 0.300. The van der Waals surface area contributed by atoms with Gasteiger partial charge in [-0.2, -0.15) is 17.7 Å². The third-order valence-corrected chi connectivity index (χ3v) is 7.07. The zero-order valence-electron chi connectivity index (χ0n) is 21.7. The Morgan fingerprint density at radius 1 is 0.842 bits per heavy atom. The second-order valence-electron chi connectivity index (χ2n) is 9.16. The summed E-state index contributed by atoms with van der Waals surface area (Å²) in [4.78, 5) is 0. The van der Waals surface area contributed by atoms with Crippen LogP contribution >= 0.6 is 0 Å². The summed E-state index contributed by atoms with van der Waals surface area (Å²) in [6, 6.07) is 13.0. The van der Waals surface area contributed by atoms with Crippen molar-refractivity contribution in [2.45, 2.75) is 39.1 Å². The highest BCUT2D eigenvalue weighted by atomic mass is 19.4. The van der Waals surface area contributed by atoms with Crippen LogP contribution in [0.2, 0.25) is 0 Å². The summed E-state index contributed by atoms with van der Waals surface area (Å²) >= 11 is 0. The first-order valence-electron chi connectivity index (χ1n) is 12.4. The molecule has 0 bridgehead atoms. The fourth-order valence-electron chi connectivity index (χ4n) is 5.19. The number of benzene rings is 3. The molecule has 0 aliphatic carbocycles. The van der Waals surface area contributed by atoms with Crippen molar-refractivity contribution in [2.24, 2.45) is 0 Å². The van der Waals surface area contributed by atoms with E-state index in [0.717, 1.165) is 59.1 Å². The van der Waals surface area contributed by atoms with Crippen molar-refractivity contribution in [3.63, 3.8) is 0 Å². The fourth-order valence-corrected chi connectivity index (χ4v) is 5.19. The molecule has 2 heterocycles. The Morgan fingerprint density at radius 2 is 1.53 bits per heavy atom. The van der Waals surface area contributed by atoms with Crippen LogP contribution in [0, 0.1) is 0 Å². The predicted molar refractivity (Wildman–Crippen MR) is 138 cm³/mol. The topological polar surface area (TPSA) is 40.8 Å². The maximum atomic E-state index is 13.0. The lowest BCUT2D eigenvalue weighted by Crippen LogP contribution is -2.41. The van der Waals surface area contributed by atoms with Gasteiger partial charge in [0.1, 0.15) is 6.61 Å². The Hall–Kier alpha value is -3.94. The molecule has 8 heteroatoms. The number of halogens is 3. The quantitative estimate of drug-likeness (QED) is 0.258. The molecule has 1 aliphatic rings. The molecule has 3 aromatic carbocycles. The molecule has 0 amide bonds. The molecule has 198 valence electrons. The van der Waals surface area contributed by atoms with E-state index in [0.29, 0.717) is 28.6 Å². The van der Waals surface area contributed by atoms with Crippen molar-refractivity contribution < 1.29 is 36.7 Å². The Kier molecular flexibility index (Phi) is 6.82. The monoisotopic (exact) mass is 524 g/mol. The average Bonchev–Trinajstić information content (AvgIpc) is 2.93. The normalized spacial score (nSPS) is 12.6. The summed E-state index contributed by atoms with van der Waals surface area (Å²) in [6.07, 6.45) is -0.689. The number of fused-ring (bicyclic) bond motifs is 4. The number of hydrogen-bond donors (Lipinski definition) is 0. The molecule has 5 nitrogen and oxygen atoms in total. The molecule has 4 aromatic rings. The minimum Gasteiger partial charge on any atom is -0.493 e. The highest BCUT2D eigenvalue weighted by molar-refractivity contribution is 5.95. The largest absolute Gasteiger partial charge is 0.493 e. The van der Waals surface area contributed by atoms with Crippen LogP contribution in [0.3, 0.4) is 0 Å². The van der Waals surface area contributed by atoms with Crippen molar-refractivity contribution in [3.8, 4) is 34.3 Å². The van der Waals surface area contributed by atoms with E-state index in [4.69, 9.17) is 18.9 Å². The SMILES string of the molecule is CCc1c2[n+](cc3c(OCc4ccc(C(F)(F)F)cc4)c(OC)ccc13)CCc1cc(OC)c(OC)cc1-2. The van der Waals surface area contributed by atoms with Gasteiger partial charge < -0.3 is 18.9 Å². The van der Waals surface area contributed by atoms with Crippen molar-refractivity contribution >= 4 is 10.8 Å². The number of aryl methyl sites for hydroxylation is 3. The van der Waals surface area contributed by atoms with Crippen LogP contribution < -0.4 is 23.5 Å². The van der Waals surface area contributed by atoms with Gasteiger partial charge in [-0.3, -0.25) is 0 Å².